The lowest BCUT2D eigenvalue weighted by molar-refractivity contribution is -0.137. The normalized spacial score (nSPS) is 22.3. The summed E-state index contributed by atoms with van der Waals surface area (Å²) in [5.41, 5.74) is 2.26. The van der Waals surface area contributed by atoms with E-state index in [1.165, 1.54) is 41.5 Å². The van der Waals surface area contributed by atoms with Gasteiger partial charge in [-0.2, -0.15) is 0 Å². The van der Waals surface area contributed by atoms with Gasteiger partial charge in [-0.1, -0.05) is 61.1 Å². The van der Waals surface area contributed by atoms with Crippen molar-refractivity contribution in [2.24, 2.45) is 0 Å². The molecule has 0 spiro atoms. The number of thioether (sulfide) groups is 1. The van der Waals surface area contributed by atoms with E-state index in [1.54, 1.807) is 0 Å². The zero-order chi connectivity index (χ0) is 19.2. The van der Waals surface area contributed by atoms with Crippen LogP contribution in [0.2, 0.25) is 0 Å². The summed E-state index contributed by atoms with van der Waals surface area (Å²) in [6.07, 6.45) is 7.24. The molecule has 1 atom stereocenters. The molecule has 27 heavy (non-hydrogen) atoms. The fraction of sp³-hybridized carbons (Fsp3) is 0.450. The molecule has 144 valence electrons. The molecule has 2 heterocycles. The van der Waals surface area contributed by atoms with Gasteiger partial charge in [0.15, 0.2) is 0 Å². The Bertz CT molecular complexity index is 738. The smallest absolute Gasteiger partial charge is 0.303 e. The van der Waals surface area contributed by atoms with Crippen LogP contribution in [0.1, 0.15) is 55.7 Å². The van der Waals surface area contributed by atoms with Crippen molar-refractivity contribution in [2.45, 2.75) is 44.6 Å². The molecule has 1 unspecified atom stereocenters. The Morgan fingerprint density at radius 1 is 1.30 bits per heavy atom. The van der Waals surface area contributed by atoms with Gasteiger partial charge in [0.05, 0.1) is 4.91 Å². The minimum absolute atomic E-state index is 0.0345. The summed E-state index contributed by atoms with van der Waals surface area (Å²) in [5.74, 6) is -0.996. The number of carbonyl (C=O) groups is 2. The molecule has 0 aromatic heterocycles. The molecule has 7 heteroatoms. The number of nitrogens with one attached hydrogen (secondary N) is 1. The van der Waals surface area contributed by atoms with Crippen LogP contribution in [-0.2, 0) is 9.59 Å². The van der Waals surface area contributed by atoms with Crippen LogP contribution in [-0.4, -0.2) is 39.3 Å². The molecule has 2 aliphatic rings. The van der Waals surface area contributed by atoms with E-state index in [0.717, 1.165) is 18.5 Å². The molecule has 2 N–H and O–H groups in total. The Morgan fingerprint density at radius 2 is 2.07 bits per heavy atom. The van der Waals surface area contributed by atoms with E-state index in [2.05, 4.69) is 17.4 Å². The van der Waals surface area contributed by atoms with Gasteiger partial charge in [0.1, 0.15) is 4.32 Å². The number of rotatable bonds is 6. The predicted octanol–water partition coefficient (Wildman–Crippen LogP) is 3.96. The monoisotopic (exact) mass is 404 g/mol. The van der Waals surface area contributed by atoms with Crippen molar-refractivity contribution in [3.63, 3.8) is 0 Å². The zero-order valence-electron chi connectivity index (χ0n) is 15.1. The van der Waals surface area contributed by atoms with Crippen LogP contribution in [0.4, 0.5) is 0 Å². The van der Waals surface area contributed by atoms with Crippen LogP contribution < -0.4 is 5.32 Å². The van der Waals surface area contributed by atoms with Crippen molar-refractivity contribution in [3.8, 4) is 0 Å². The van der Waals surface area contributed by atoms with Crippen molar-refractivity contribution in [2.75, 3.05) is 13.1 Å². The van der Waals surface area contributed by atoms with Gasteiger partial charge < -0.3 is 10.4 Å². The Morgan fingerprint density at radius 3 is 2.81 bits per heavy atom. The van der Waals surface area contributed by atoms with Crippen molar-refractivity contribution in [1.82, 2.24) is 10.2 Å². The number of aliphatic carboxylic acids is 1. The first kappa shape index (κ1) is 20.0. The van der Waals surface area contributed by atoms with Crippen LogP contribution in [0.3, 0.4) is 0 Å². The van der Waals surface area contributed by atoms with Crippen LogP contribution in [0, 0.1) is 0 Å². The van der Waals surface area contributed by atoms with Crippen LogP contribution in [0.25, 0.3) is 6.08 Å². The summed E-state index contributed by atoms with van der Waals surface area (Å²) in [4.78, 5) is 25.3. The Kier molecular flexibility index (Phi) is 7.04. The number of carboxylic acid groups (broad SMARTS) is 1. The number of nitrogens with zero attached hydrogens (tertiary/aromatic N) is 1. The maximum Gasteiger partial charge on any atom is 0.303 e. The van der Waals surface area contributed by atoms with Gasteiger partial charge >= 0.3 is 5.97 Å². The summed E-state index contributed by atoms with van der Waals surface area (Å²) >= 11 is 6.56. The zero-order valence-corrected chi connectivity index (χ0v) is 16.8. The molecule has 2 fully saturated rings. The van der Waals surface area contributed by atoms with E-state index in [-0.39, 0.29) is 12.3 Å². The second-order valence-corrected chi connectivity index (χ2v) is 8.53. The minimum atomic E-state index is -0.862. The number of hydrogen-bond acceptors (Lipinski definition) is 5. The summed E-state index contributed by atoms with van der Waals surface area (Å²) < 4.78 is 0.496. The third-order valence-electron chi connectivity index (χ3n) is 4.84. The van der Waals surface area contributed by atoms with Gasteiger partial charge in [-0.15, -0.1) is 0 Å². The maximum absolute atomic E-state index is 12.5. The van der Waals surface area contributed by atoms with Gasteiger partial charge in [0.2, 0.25) is 0 Å². The van der Waals surface area contributed by atoms with Gasteiger partial charge in [-0.3, -0.25) is 14.5 Å². The van der Waals surface area contributed by atoms with E-state index in [0.29, 0.717) is 28.2 Å². The highest BCUT2D eigenvalue weighted by atomic mass is 32.2. The first-order valence-electron chi connectivity index (χ1n) is 9.35. The molecule has 0 aliphatic carbocycles. The fourth-order valence-corrected chi connectivity index (χ4v) is 4.68. The van der Waals surface area contributed by atoms with Gasteiger partial charge in [-0.05, 0) is 43.0 Å². The Labute approximate surface area is 169 Å². The molecular formula is C20H24N2O3S2. The summed E-state index contributed by atoms with van der Waals surface area (Å²) in [6.45, 7) is 1.41. The predicted molar refractivity (Wildman–Crippen MR) is 112 cm³/mol. The summed E-state index contributed by atoms with van der Waals surface area (Å²) in [6, 6.07) is 8.75. The number of hydrogen-bond donors (Lipinski definition) is 2. The molecule has 1 amide bonds. The first-order chi connectivity index (χ1) is 13.0. The van der Waals surface area contributed by atoms with Crippen molar-refractivity contribution in [1.29, 1.82) is 0 Å². The van der Waals surface area contributed by atoms with Crippen molar-refractivity contribution in [3.05, 3.63) is 40.3 Å². The lowest BCUT2D eigenvalue weighted by Gasteiger charge is -2.16. The summed E-state index contributed by atoms with van der Waals surface area (Å²) in [5, 5.41) is 12.3. The highest BCUT2D eigenvalue weighted by molar-refractivity contribution is 8.26. The highest BCUT2D eigenvalue weighted by Crippen LogP contribution is 2.33. The van der Waals surface area contributed by atoms with E-state index in [1.807, 2.05) is 18.2 Å². The number of thiocarbonyl (C=S) groups is 1. The number of benzene rings is 1. The highest BCUT2D eigenvalue weighted by Gasteiger charge is 2.31. The average Bonchev–Trinajstić information content (AvgIpc) is 2.85. The number of carbonyl (C=O) groups excluding carboxylic acids is 1. The first-order valence-corrected chi connectivity index (χ1v) is 10.6. The largest absolute Gasteiger partial charge is 0.481 e. The van der Waals surface area contributed by atoms with Crippen LogP contribution >= 0.6 is 24.0 Å². The molecule has 3 rings (SSSR count). The van der Waals surface area contributed by atoms with Crippen LogP contribution in [0.15, 0.2) is 29.2 Å². The van der Waals surface area contributed by atoms with E-state index >= 15 is 0 Å². The third-order valence-corrected chi connectivity index (χ3v) is 6.22. The quantitative estimate of drug-likeness (QED) is 0.553. The molecule has 2 saturated heterocycles. The third kappa shape index (κ3) is 5.40. The summed E-state index contributed by atoms with van der Waals surface area (Å²) in [7, 11) is 0. The molecule has 1 aromatic carbocycles. The molecular weight excluding hydrogens is 380 g/mol. The molecule has 1 aromatic rings. The van der Waals surface area contributed by atoms with Gasteiger partial charge in [-0.25, -0.2) is 0 Å². The second kappa shape index (κ2) is 9.48. The molecule has 5 nitrogen and oxygen atoms in total. The lowest BCUT2D eigenvalue weighted by atomic mass is 10.0. The Balaban J connectivity index is 1.64. The van der Waals surface area contributed by atoms with E-state index in [9.17, 15) is 9.59 Å². The van der Waals surface area contributed by atoms with E-state index in [4.69, 9.17) is 17.3 Å². The Hall–Kier alpha value is -1.70. The van der Waals surface area contributed by atoms with Crippen LogP contribution in [0.5, 0.6) is 0 Å². The molecule has 2 aliphatic heterocycles. The average molecular weight is 405 g/mol. The lowest BCUT2D eigenvalue weighted by Crippen LogP contribution is -2.29. The molecule has 0 saturated carbocycles. The topological polar surface area (TPSA) is 69.6 Å². The maximum atomic E-state index is 12.5. The molecule has 0 bridgehead atoms. The van der Waals surface area contributed by atoms with Gasteiger partial charge in [0.25, 0.3) is 5.91 Å². The number of amides is 1. The van der Waals surface area contributed by atoms with E-state index < -0.39 is 5.97 Å². The second-order valence-electron chi connectivity index (χ2n) is 6.85. The number of carboxylic acids is 1. The standard InChI is InChI=1S/C20H24N2O3S2/c23-18(24)6-4-12-22-19(25)17(27-20(22)26)13-14-7-9-15(10-8-14)16-5-2-1-3-11-21-16/h7-10,13,16,21H,1-6,11-12H2,(H,23,24). The molecule has 0 radical (unpaired) electrons. The fourth-order valence-electron chi connectivity index (χ4n) is 3.37. The SMILES string of the molecule is O=C(O)CCCN1C(=O)C(=Cc2ccc(C3CCCCCN3)cc2)SC1=S. The minimum Gasteiger partial charge on any atom is -0.481 e. The van der Waals surface area contributed by atoms with Crippen molar-refractivity contribution < 1.29 is 14.7 Å². The van der Waals surface area contributed by atoms with Gasteiger partial charge in [0, 0.05) is 19.0 Å². The van der Waals surface area contributed by atoms with Crippen molar-refractivity contribution >= 4 is 46.3 Å².